The summed E-state index contributed by atoms with van der Waals surface area (Å²) >= 11 is 0. The molecule has 1 fully saturated rings. The number of methoxy groups -OCH3 is 1. The maximum absolute atomic E-state index is 13.0. The number of carbonyl (C=O) groups is 2. The Labute approximate surface area is 196 Å². The fraction of sp³-hybridized carbons (Fsp3) is 0.478. The van der Waals surface area contributed by atoms with Crippen molar-refractivity contribution in [2.45, 2.75) is 19.0 Å². The van der Waals surface area contributed by atoms with Gasteiger partial charge in [0, 0.05) is 77.5 Å². The predicted octanol–water partition coefficient (Wildman–Crippen LogP) is 2.71. The molecule has 1 aliphatic heterocycles. The minimum absolute atomic E-state index is 0.104. The number of carbonyl (C=O) groups excluding carboxylic acids is 2. The molecule has 0 spiro atoms. The molecule has 0 aliphatic carbocycles. The van der Waals surface area contributed by atoms with Gasteiger partial charge in [0.2, 0.25) is 5.91 Å². The molecular weight excluding hydrogens is 451 g/mol. The van der Waals surface area contributed by atoms with Crippen LogP contribution in [0.25, 0.3) is 0 Å². The summed E-state index contributed by atoms with van der Waals surface area (Å²) in [5.41, 5.74) is 0.00715. The average Bonchev–Trinajstić information content (AvgIpc) is 2.85. The fourth-order valence-electron chi connectivity index (χ4n) is 3.77. The molecule has 0 saturated carbocycles. The lowest BCUT2D eigenvalue weighted by molar-refractivity contribution is -0.137. The summed E-state index contributed by atoms with van der Waals surface area (Å²) < 4.78 is 44.1. The van der Waals surface area contributed by atoms with Gasteiger partial charge in [-0.3, -0.25) is 14.6 Å². The highest BCUT2D eigenvalue weighted by Gasteiger charge is 2.31. The molecule has 1 aliphatic rings. The van der Waals surface area contributed by atoms with Crippen LogP contribution >= 0.6 is 0 Å². The average molecular weight is 480 g/mol. The lowest BCUT2D eigenvalue weighted by atomic mass is 10.1. The summed E-state index contributed by atoms with van der Waals surface area (Å²) in [6, 6.07) is 5.21. The predicted molar refractivity (Wildman–Crippen MR) is 119 cm³/mol. The van der Waals surface area contributed by atoms with Crippen LogP contribution in [0, 0.1) is 0 Å². The Morgan fingerprint density at radius 1 is 1.12 bits per heavy atom. The van der Waals surface area contributed by atoms with E-state index < -0.39 is 11.7 Å². The number of piperazine rings is 1. The van der Waals surface area contributed by atoms with Crippen molar-refractivity contribution < 1.29 is 27.5 Å². The van der Waals surface area contributed by atoms with Gasteiger partial charge in [-0.25, -0.2) is 4.98 Å². The molecule has 0 radical (unpaired) electrons. The van der Waals surface area contributed by atoms with E-state index in [1.54, 1.807) is 23.0 Å². The van der Waals surface area contributed by atoms with Gasteiger partial charge in [-0.2, -0.15) is 13.2 Å². The van der Waals surface area contributed by atoms with Gasteiger partial charge in [-0.1, -0.05) is 6.07 Å². The van der Waals surface area contributed by atoms with Crippen LogP contribution in [0.2, 0.25) is 0 Å². The quantitative estimate of drug-likeness (QED) is 0.515. The normalized spacial score (nSPS) is 14.2. The molecule has 0 N–H and O–H groups in total. The zero-order chi connectivity index (χ0) is 24.6. The summed E-state index contributed by atoms with van der Waals surface area (Å²) in [4.78, 5) is 38.7. The van der Waals surface area contributed by atoms with E-state index in [0.717, 1.165) is 12.1 Å². The number of ether oxygens (including phenoxy) is 1. The molecule has 0 bridgehead atoms. The molecule has 2 amide bonds. The first kappa shape index (κ1) is 25.4. The summed E-state index contributed by atoms with van der Waals surface area (Å²) in [6.07, 6.45) is 0.672. The van der Waals surface area contributed by atoms with Crippen molar-refractivity contribution in [2.24, 2.45) is 0 Å². The highest BCUT2D eigenvalue weighted by atomic mass is 19.4. The molecule has 2 heterocycles. The van der Waals surface area contributed by atoms with Crippen LogP contribution in [0.1, 0.15) is 28.9 Å². The summed E-state index contributed by atoms with van der Waals surface area (Å²) in [7, 11) is 1.58. The Bertz CT molecular complexity index is 950. The SMILES string of the molecule is COCCCN(CCC(=O)N1CCN(c2cccc(C(F)(F)F)c2)CC1)C(=O)c1cnccn1. The first-order valence-corrected chi connectivity index (χ1v) is 11.0. The first-order valence-electron chi connectivity index (χ1n) is 11.0. The monoisotopic (exact) mass is 479 g/mol. The van der Waals surface area contributed by atoms with Gasteiger partial charge in [0.25, 0.3) is 5.91 Å². The second kappa shape index (κ2) is 11.8. The van der Waals surface area contributed by atoms with Crippen LogP contribution in [0.3, 0.4) is 0 Å². The van der Waals surface area contributed by atoms with Crippen molar-refractivity contribution >= 4 is 17.5 Å². The highest BCUT2D eigenvalue weighted by Crippen LogP contribution is 2.31. The maximum atomic E-state index is 13.0. The molecule has 1 saturated heterocycles. The van der Waals surface area contributed by atoms with Gasteiger partial charge in [-0.05, 0) is 24.6 Å². The number of alkyl halides is 3. The van der Waals surface area contributed by atoms with Crippen LogP contribution in [-0.4, -0.2) is 84.6 Å². The number of hydrogen-bond donors (Lipinski definition) is 0. The van der Waals surface area contributed by atoms with Gasteiger partial charge in [0.1, 0.15) is 5.69 Å². The molecule has 0 atom stereocenters. The number of halogens is 3. The largest absolute Gasteiger partial charge is 0.416 e. The van der Waals surface area contributed by atoms with Crippen LogP contribution in [0.15, 0.2) is 42.9 Å². The molecule has 184 valence electrons. The van der Waals surface area contributed by atoms with Gasteiger partial charge < -0.3 is 19.4 Å². The molecule has 2 aromatic rings. The fourth-order valence-corrected chi connectivity index (χ4v) is 3.77. The second-order valence-electron chi connectivity index (χ2n) is 7.90. The third kappa shape index (κ3) is 6.89. The Hall–Kier alpha value is -3.21. The highest BCUT2D eigenvalue weighted by molar-refractivity contribution is 5.92. The van der Waals surface area contributed by atoms with E-state index in [9.17, 15) is 22.8 Å². The Balaban J connectivity index is 1.54. The number of nitrogens with zero attached hydrogens (tertiary/aromatic N) is 5. The lowest BCUT2D eigenvalue weighted by Gasteiger charge is -2.36. The van der Waals surface area contributed by atoms with Crippen molar-refractivity contribution in [3.8, 4) is 0 Å². The van der Waals surface area contributed by atoms with Crippen molar-refractivity contribution in [1.29, 1.82) is 0 Å². The maximum Gasteiger partial charge on any atom is 0.416 e. The van der Waals surface area contributed by atoms with Gasteiger partial charge >= 0.3 is 6.18 Å². The number of benzene rings is 1. The number of hydrogen-bond acceptors (Lipinski definition) is 6. The standard InChI is InChI=1S/C23H28F3N5O3/c1-34-15-3-9-31(22(33)20-17-27-7-8-28-20)10-6-21(32)30-13-11-29(12-14-30)19-5-2-4-18(16-19)23(24,25)26/h2,4-5,7-8,16-17H,3,6,9-15H2,1H3. The second-order valence-corrected chi connectivity index (χ2v) is 7.90. The van der Waals surface area contributed by atoms with E-state index in [1.807, 2.05) is 4.90 Å². The van der Waals surface area contributed by atoms with E-state index in [1.165, 1.54) is 24.7 Å². The van der Waals surface area contributed by atoms with Crippen molar-refractivity contribution in [3.05, 3.63) is 54.1 Å². The van der Waals surface area contributed by atoms with Crippen LogP contribution < -0.4 is 4.90 Å². The Kier molecular flexibility index (Phi) is 8.80. The van der Waals surface area contributed by atoms with Gasteiger partial charge in [0.05, 0.1) is 11.8 Å². The van der Waals surface area contributed by atoms with E-state index in [-0.39, 0.29) is 30.5 Å². The summed E-state index contributed by atoms with van der Waals surface area (Å²) in [5, 5.41) is 0. The minimum atomic E-state index is -4.40. The molecule has 34 heavy (non-hydrogen) atoms. The van der Waals surface area contributed by atoms with Gasteiger partial charge in [0.15, 0.2) is 0 Å². The molecular formula is C23H28F3N5O3. The smallest absolute Gasteiger partial charge is 0.385 e. The summed E-state index contributed by atoms with van der Waals surface area (Å²) in [5.74, 6) is -0.404. The molecule has 1 aromatic heterocycles. The van der Waals surface area contributed by atoms with Crippen molar-refractivity contribution in [1.82, 2.24) is 19.8 Å². The van der Waals surface area contributed by atoms with Crippen molar-refractivity contribution in [3.63, 3.8) is 0 Å². The molecule has 1 aromatic carbocycles. The Morgan fingerprint density at radius 3 is 2.53 bits per heavy atom. The van der Waals surface area contributed by atoms with Crippen molar-refractivity contribution in [2.75, 3.05) is 57.9 Å². The third-order valence-electron chi connectivity index (χ3n) is 5.61. The lowest BCUT2D eigenvalue weighted by Crippen LogP contribution is -2.49. The van der Waals surface area contributed by atoms with Crippen LogP contribution in [0.4, 0.5) is 18.9 Å². The molecule has 11 heteroatoms. The minimum Gasteiger partial charge on any atom is -0.385 e. The van der Waals surface area contributed by atoms with Crippen LogP contribution in [-0.2, 0) is 15.7 Å². The molecule has 8 nitrogen and oxygen atoms in total. The first-order chi connectivity index (χ1) is 16.3. The molecule has 0 unspecified atom stereocenters. The number of aromatic nitrogens is 2. The zero-order valence-corrected chi connectivity index (χ0v) is 19.0. The van der Waals surface area contributed by atoms with E-state index in [4.69, 9.17) is 4.74 Å². The van der Waals surface area contributed by atoms with E-state index >= 15 is 0 Å². The molecule has 3 rings (SSSR count). The number of amides is 2. The van der Waals surface area contributed by atoms with E-state index in [0.29, 0.717) is 51.4 Å². The third-order valence-corrected chi connectivity index (χ3v) is 5.61. The zero-order valence-electron chi connectivity index (χ0n) is 19.0. The number of rotatable bonds is 9. The van der Waals surface area contributed by atoms with Gasteiger partial charge in [-0.15, -0.1) is 0 Å². The summed E-state index contributed by atoms with van der Waals surface area (Å²) in [6.45, 7) is 2.79. The van der Waals surface area contributed by atoms with Crippen LogP contribution in [0.5, 0.6) is 0 Å². The topological polar surface area (TPSA) is 78.9 Å². The van der Waals surface area contributed by atoms with E-state index in [2.05, 4.69) is 9.97 Å². The number of anilines is 1. The Morgan fingerprint density at radius 2 is 1.88 bits per heavy atom.